The molecular formula is C12H22N2O2. The predicted octanol–water partition coefficient (Wildman–Crippen LogP) is 1.16. The highest BCUT2D eigenvalue weighted by atomic mass is 16.2. The highest BCUT2D eigenvalue weighted by molar-refractivity contribution is 5.98. The molecule has 4 nitrogen and oxygen atoms in total. The number of piperidine rings is 1. The van der Waals surface area contributed by atoms with Crippen molar-refractivity contribution >= 4 is 11.8 Å². The van der Waals surface area contributed by atoms with Crippen molar-refractivity contribution in [3.8, 4) is 0 Å². The molecule has 0 aliphatic carbocycles. The lowest BCUT2D eigenvalue weighted by Crippen LogP contribution is -2.50. The van der Waals surface area contributed by atoms with Crippen molar-refractivity contribution in [2.75, 3.05) is 13.1 Å². The molecule has 0 aromatic rings. The van der Waals surface area contributed by atoms with Gasteiger partial charge in [-0.2, -0.15) is 0 Å². The second kappa shape index (κ2) is 4.95. The fourth-order valence-electron chi connectivity index (χ4n) is 2.10. The molecule has 1 heterocycles. The maximum absolute atomic E-state index is 11.8. The first kappa shape index (κ1) is 13.2. The topological polar surface area (TPSA) is 49.4 Å². The molecule has 0 saturated carbocycles. The molecule has 1 fully saturated rings. The summed E-state index contributed by atoms with van der Waals surface area (Å²) in [6, 6.07) is 0.166. The second-order valence-corrected chi connectivity index (χ2v) is 5.37. The second-order valence-electron chi connectivity index (χ2n) is 5.37. The van der Waals surface area contributed by atoms with E-state index in [1.165, 1.54) is 4.90 Å². The lowest BCUT2D eigenvalue weighted by Gasteiger charge is -2.35. The maximum Gasteiger partial charge on any atom is 0.229 e. The Kier molecular flexibility index (Phi) is 4.08. The number of carbonyl (C=O) groups excluding carboxylic acids is 2. The van der Waals surface area contributed by atoms with Crippen molar-refractivity contribution in [2.24, 2.45) is 5.41 Å². The smallest absolute Gasteiger partial charge is 0.229 e. The summed E-state index contributed by atoms with van der Waals surface area (Å²) < 4.78 is 0. The van der Waals surface area contributed by atoms with Crippen LogP contribution in [0, 0.1) is 5.41 Å². The van der Waals surface area contributed by atoms with E-state index in [2.05, 4.69) is 5.32 Å². The quantitative estimate of drug-likeness (QED) is 0.732. The number of hydrogen-bond donors (Lipinski definition) is 1. The lowest BCUT2D eigenvalue weighted by molar-refractivity contribution is -0.152. The van der Waals surface area contributed by atoms with Crippen LogP contribution in [0.3, 0.4) is 0 Å². The van der Waals surface area contributed by atoms with Gasteiger partial charge in [-0.25, -0.2) is 0 Å². The molecule has 1 atom stereocenters. The minimum atomic E-state index is -0.175. The van der Waals surface area contributed by atoms with Crippen LogP contribution < -0.4 is 5.32 Å². The molecule has 0 radical (unpaired) electrons. The van der Waals surface area contributed by atoms with Gasteiger partial charge in [-0.05, 0) is 18.9 Å². The largest absolute Gasteiger partial charge is 0.313 e. The summed E-state index contributed by atoms with van der Waals surface area (Å²) in [6.45, 7) is 9.27. The summed E-state index contributed by atoms with van der Waals surface area (Å²) in [5, 5.41) is 3.21. The highest BCUT2D eigenvalue weighted by Gasteiger charge is 2.37. The summed E-state index contributed by atoms with van der Waals surface area (Å²) in [4.78, 5) is 25.1. The molecule has 1 aliphatic heterocycles. The maximum atomic E-state index is 11.8. The van der Waals surface area contributed by atoms with Gasteiger partial charge in [0.15, 0.2) is 0 Å². The highest BCUT2D eigenvalue weighted by Crippen LogP contribution is 2.31. The van der Waals surface area contributed by atoms with Crippen LogP contribution in [0.25, 0.3) is 0 Å². The number of nitrogens with zero attached hydrogens (tertiary/aromatic N) is 1. The first-order chi connectivity index (χ1) is 7.35. The average molecular weight is 226 g/mol. The van der Waals surface area contributed by atoms with Crippen molar-refractivity contribution in [1.82, 2.24) is 10.2 Å². The van der Waals surface area contributed by atoms with E-state index in [4.69, 9.17) is 0 Å². The van der Waals surface area contributed by atoms with E-state index in [9.17, 15) is 9.59 Å². The third-order valence-corrected chi connectivity index (χ3v) is 2.87. The van der Waals surface area contributed by atoms with Crippen LogP contribution >= 0.6 is 0 Å². The summed E-state index contributed by atoms with van der Waals surface area (Å²) in [5.41, 5.74) is -0.175. The molecule has 0 bridgehead atoms. The van der Waals surface area contributed by atoms with Crippen LogP contribution in [-0.4, -0.2) is 35.8 Å². The van der Waals surface area contributed by atoms with Gasteiger partial charge in [0.1, 0.15) is 0 Å². The third-order valence-electron chi connectivity index (χ3n) is 2.87. The fourth-order valence-corrected chi connectivity index (χ4v) is 2.10. The molecule has 2 amide bonds. The van der Waals surface area contributed by atoms with Crippen LogP contribution in [0.15, 0.2) is 0 Å². The van der Waals surface area contributed by atoms with Crippen LogP contribution in [0.1, 0.15) is 40.5 Å². The molecule has 1 aliphatic rings. The fraction of sp³-hybridized carbons (Fsp3) is 0.833. The molecule has 0 aromatic carbocycles. The van der Waals surface area contributed by atoms with Gasteiger partial charge < -0.3 is 5.32 Å². The number of imide groups is 1. The molecule has 1 saturated heterocycles. The van der Waals surface area contributed by atoms with Gasteiger partial charge in [0.2, 0.25) is 11.8 Å². The van der Waals surface area contributed by atoms with Crippen molar-refractivity contribution in [2.45, 2.75) is 46.6 Å². The minimum absolute atomic E-state index is 0.0361. The van der Waals surface area contributed by atoms with Gasteiger partial charge in [-0.1, -0.05) is 20.8 Å². The van der Waals surface area contributed by atoms with Gasteiger partial charge in [0.25, 0.3) is 0 Å². The third kappa shape index (κ3) is 3.30. The standard InChI is InChI=1S/C12H22N2O2/c1-5-13-9(2)8-14-10(15)6-12(3,4)7-11(14)16/h9,13H,5-8H2,1-4H3. The van der Waals surface area contributed by atoms with Crippen molar-refractivity contribution < 1.29 is 9.59 Å². The number of carbonyl (C=O) groups is 2. The van der Waals surface area contributed by atoms with E-state index in [0.29, 0.717) is 19.4 Å². The summed E-state index contributed by atoms with van der Waals surface area (Å²) in [7, 11) is 0. The first-order valence-corrected chi connectivity index (χ1v) is 5.92. The van der Waals surface area contributed by atoms with E-state index >= 15 is 0 Å². The number of likely N-dealkylation sites (tertiary alicyclic amines) is 1. The van der Waals surface area contributed by atoms with Gasteiger partial charge in [-0.15, -0.1) is 0 Å². The zero-order valence-electron chi connectivity index (χ0n) is 10.7. The van der Waals surface area contributed by atoms with Crippen LogP contribution in [-0.2, 0) is 9.59 Å². The Balaban J connectivity index is 2.61. The molecule has 0 aromatic heterocycles. The van der Waals surface area contributed by atoms with Crippen LogP contribution in [0.5, 0.6) is 0 Å². The molecule has 0 spiro atoms. The predicted molar refractivity (Wildman–Crippen MR) is 62.9 cm³/mol. The Morgan fingerprint density at radius 2 is 1.81 bits per heavy atom. The van der Waals surface area contributed by atoms with E-state index < -0.39 is 0 Å². The molecule has 1 unspecified atom stereocenters. The van der Waals surface area contributed by atoms with Crippen LogP contribution in [0.4, 0.5) is 0 Å². The van der Waals surface area contributed by atoms with E-state index in [1.54, 1.807) is 0 Å². The van der Waals surface area contributed by atoms with Crippen molar-refractivity contribution in [3.05, 3.63) is 0 Å². The Hall–Kier alpha value is -0.900. The van der Waals surface area contributed by atoms with Gasteiger partial charge in [-0.3, -0.25) is 14.5 Å². The number of nitrogens with one attached hydrogen (secondary N) is 1. The molecule has 92 valence electrons. The Morgan fingerprint density at radius 1 is 1.31 bits per heavy atom. The summed E-state index contributed by atoms with van der Waals surface area (Å²) in [6.07, 6.45) is 0.940. The molecule has 1 rings (SSSR count). The number of likely N-dealkylation sites (N-methyl/N-ethyl adjacent to an activating group) is 1. The number of amides is 2. The Morgan fingerprint density at radius 3 is 2.25 bits per heavy atom. The first-order valence-electron chi connectivity index (χ1n) is 5.92. The zero-order valence-corrected chi connectivity index (χ0v) is 10.7. The summed E-state index contributed by atoms with van der Waals surface area (Å²) in [5.74, 6) is -0.0722. The SMILES string of the molecule is CCNC(C)CN1C(=O)CC(C)(C)CC1=O. The number of rotatable bonds is 4. The molecule has 16 heavy (non-hydrogen) atoms. The van der Waals surface area contributed by atoms with Gasteiger partial charge >= 0.3 is 0 Å². The normalized spacial score (nSPS) is 22.4. The Bertz CT molecular complexity index is 267. The summed E-state index contributed by atoms with van der Waals surface area (Å²) >= 11 is 0. The van der Waals surface area contributed by atoms with E-state index in [1.807, 2.05) is 27.7 Å². The van der Waals surface area contributed by atoms with Gasteiger partial charge in [0, 0.05) is 25.4 Å². The lowest BCUT2D eigenvalue weighted by atomic mass is 9.81. The minimum Gasteiger partial charge on any atom is -0.313 e. The molecule has 4 heteroatoms. The van der Waals surface area contributed by atoms with E-state index in [0.717, 1.165) is 6.54 Å². The van der Waals surface area contributed by atoms with Crippen molar-refractivity contribution in [3.63, 3.8) is 0 Å². The molecule has 1 N–H and O–H groups in total. The van der Waals surface area contributed by atoms with Crippen LogP contribution in [0.2, 0.25) is 0 Å². The van der Waals surface area contributed by atoms with Gasteiger partial charge in [0.05, 0.1) is 0 Å². The Labute approximate surface area is 97.4 Å². The monoisotopic (exact) mass is 226 g/mol. The molecular weight excluding hydrogens is 204 g/mol. The van der Waals surface area contributed by atoms with E-state index in [-0.39, 0.29) is 23.3 Å². The zero-order chi connectivity index (χ0) is 12.3. The number of hydrogen-bond acceptors (Lipinski definition) is 3. The van der Waals surface area contributed by atoms with Crippen molar-refractivity contribution in [1.29, 1.82) is 0 Å². The average Bonchev–Trinajstić information content (AvgIpc) is 2.10.